The van der Waals surface area contributed by atoms with Crippen LogP contribution in [0.2, 0.25) is 0 Å². The highest BCUT2D eigenvalue weighted by Crippen LogP contribution is 2.20. The smallest absolute Gasteiger partial charge is 0.138 e. The van der Waals surface area contributed by atoms with Crippen LogP contribution in [0.5, 0.6) is 0 Å². The molecule has 0 amide bonds. The standard InChI is InChI=1S/C13H22N4O/c1-11-12(7-14-18-11)8-16-9-13(10-16)17-5-3-15(2)4-6-17/h7,13H,3-6,8-10H2,1-2H3. The third kappa shape index (κ3) is 2.43. The molecule has 0 radical (unpaired) electrons. The molecule has 2 fully saturated rings. The van der Waals surface area contributed by atoms with Crippen molar-refractivity contribution in [2.24, 2.45) is 0 Å². The molecule has 0 saturated carbocycles. The molecule has 3 rings (SSSR count). The molecule has 2 aliphatic heterocycles. The number of hydrogen-bond donors (Lipinski definition) is 0. The van der Waals surface area contributed by atoms with Crippen molar-refractivity contribution in [3.05, 3.63) is 17.5 Å². The van der Waals surface area contributed by atoms with Crippen LogP contribution < -0.4 is 0 Å². The Balaban J connectivity index is 1.45. The summed E-state index contributed by atoms with van der Waals surface area (Å²) in [5, 5.41) is 3.83. The summed E-state index contributed by atoms with van der Waals surface area (Å²) in [6, 6.07) is 0.763. The van der Waals surface area contributed by atoms with Crippen molar-refractivity contribution in [2.75, 3.05) is 46.3 Å². The van der Waals surface area contributed by atoms with Gasteiger partial charge in [-0.2, -0.15) is 0 Å². The van der Waals surface area contributed by atoms with Crippen molar-refractivity contribution in [3.63, 3.8) is 0 Å². The van der Waals surface area contributed by atoms with Crippen molar-refractivity contribution in [2.45, 2.75) is 19.5 Å². The topological polar surface area (TPSA) is 35.8 Å². The monoisotopic (exact) mass is 250 g/mol. The van der Waals surface area contributed by atoms with Crippen LogP contribution >= 0.6 is 0 Å². The van der Waals surface area contributed by atoms with Crippen LogP contribution in [0.15, 0.2) is 10.7 Å². The molecule has 3 heterocycles. The minimum atomic E-state index is 0.763. The minimum absolute atomic E-state index is 0.763. The Hall–Kier alpha value is -0.910. The molecule has 2 aliphatic rings. The lowest BCUT2D eigenvalue weighted by Gasteiger charge is -2.47. The summed E-state index contributed by atoms with van der Waals surface area (Å²) in [6.07, 6.45) is 1.85. The molecule has 0 bridgehead atoms. The Morgan fingerprint density at radius 3 is 2.61 bits per heavy atom. The van der Waals surface area contributed by atoms with Crippen molar-refractivity contribution in [3.8, 4) is 0 Å². The Bertz CT molecular complexity index is 391. The van der Waals surface area contributed by atoms with Gasteiger partial charge >= 0.3 is 0 Å². The van der Waals surface area contributed by atoms with Gasteiger partial charge in [0.05, 0.1) is 6.20 Å². The molecule has 1 aromatic heterocycles. The second-order valence-corrected chi connectivity index (χ2v) is 5.59. The summed E-state index contributed by atoms with van der Waals surface area (Å²) >= 11 is 0. The molecule has 0 aromatic carbocycles. The molecule has 5 heteroatoms. The lowest BCUT2D eigenvalue weighted by Crippen LogP contribution is -2.62. The van der Waals surface area contributed by atoms with E-state index in [4.69, 9.17) is 4.52 Å². The molecule has 18 heavy (non-hydrogen) atoms. The third-order valence-electron chi connectivity index (χ3n) is 4.24. The van der Waals surface area contributed by atoms with Crippen LogP contribution in [0.1, 0.15) is 11.3 Å². The van der Waals surface area contributed by atoms with E-state index in [0.717, 1.165) is 18.3 Å². The number of piperazine rings is 1. The van der Waals surface area contributed by atoms with E-state index in [9.17, 15) is 0 Å². The first kappa shape index (κ1) is 12.1. The zero-order valence-corrected chi connectivity index (χ0v) is 11.3. The van der Waals surface area contributed by atoms with Gasteiger partial charge in [0.15, 0.2) is 0 Å². The highest BCUT2D eigenvalue weighted by Gasteiger charge is 2.33. The van der Waals surface area contributed by atoms with E-state index >= 15 is 0 Å². The summed E-state index contributed by atoms with van der Waals surface area (Å²) in [4.78, 5) is 7.52. The SMILES string of the molecule is Cc1oncc1CN1CC(N2CCN(C)CC2)C1. The Labute approximate surface area is 108 Å². The predicted octanol–water partition coefficient (Wildman–Crippen LogP) is 0.415. The first-order chi connectivity index (χ1) is 8.72. The van der Waals surface area contributed by atoms with Crippen LogP contribution in [0.25, 0.3) is 0 Å². The highest BCUT2D eigenvalue weighted by molar-refractivity contribution is 5.12. The summed E-state index contributed by atoms with van der Waals surface area (Å²) in [5.41, 5.74) is 1.23. The van der Waals surface area contributed by atoms with Gasteiger partial charge in [0.2, 0.25) is 0 Å². The fraction of sp³-hybridized carbons (Fsp3) is 0.769. The fourth-order valence-corrected chi connectivity index (χ4v) is 2.80. The maximum Gasteiger partial charge on any atom is 0.138 e. The van der Waals surface area contributed by atoms with Crippen molar-refractivity contribution < 1.29 is 4.52 Å². The first-order valence-electron chi connectivity index (χ1n) is 6.77. The van der Waals surface area contributed by atoms with E-state index in [1.54, 1.807) is 0 Å². The Morgan fingerprint density at radius 1 is 1.28 bits per heavy atom. The van der Waals surface area contributed by atoms with E-state index in [2.05, 4.69) is 26.9 Å². The average Bonchev–Trinajstić information content (AvgIpc) is 2.71. The number of nitrogens with zero attached hydrogens (tertiary/aromatic N) is 4. The second kappa shape index (κ2) is 4.99. The Morgan fingerprint density at radius 2 is 2.00 bits per heavy atom. The largest absolute Gasteiger partial charge is 0.361 e. The lowest BCUT2D eigenvalue weighted by atomic mass is 10.0. The molecule has 0 N–H and O–H groups in total. The van der Waals surface area contributed by atoms with Gasteiger partial charge in [-0.3, -0.25) is 9.80 Å². The van der Waals surface area contributed by atoms with E-state index < -0.39 is 0 Å². The molecule has 1 aromatic rings. The van der Waals surface area contributed by atoms with E-state index in [0.29, 0.717) is 0 Å². The van der Waals surface area contributed by atoms with Crippen molar-refractivity contribution in [1.29, 1.82) is 0 Å². The molecule has 0 spiro atoms. The van der Waals surface area contributed by atoms with Crippen LogP contribution in [-0.4, -0.2) is 72.2 Å². The minimum Gasteiger partial charge on any atom is -0.361 e. The quantitative estimate of drug-likeness (QED) is 0.777. The first-order valence-corrected chi connectivity index (χ1v) is 6.77. The molecule has 5 nitrogen and oxygen atoms in total. The molecule has 2 saturated heterocycles. The van der Waals surface area contributed by atoms with Crippen LogP contribution in [0, 0.1) is 6.92 Å². The van der Waals surface area contributed by atoms with E-state index in [1.807, 2.05) is 13.1 Å². The number of hydrogen-bond acceptors (Lipinski definition) is 5. The maximum absolute atomic E-state index is 5.10. The molecule has 0 aliphatic carbocycles. The summed E-state index contributed by atoms with van der Waals surface area (Å²) in [6.45, 7) is 10.2. The van der Waals surface area contributed by atoms with Gasteiger partial charge < -0.3 is 9.42 Å². The van der Waals surface area contributed by atoms with Crippen LogP contribution in [0.3, 0.4) is 0 Å². The number of likely N-dealkylation sites (N-methyl/N-ethyl adjacent to an activating group) is 1. The third-order valence-corrected chi connectivity index (χ3v) is 4.24. The summed E-state index contributed by atoms with van der Waals surface area (Å²) in [7, 11) is 2.21. The molecule has 100 valence electrons. The van der Waals surface area contributed by atoms with Gasteiger partial charge in [-0.25, -0.2) is 0 Å². The zero-order valence-electron chi connectivity index (χ0n) is 11.3. The zero-order chi connectivity index (χ0) is 12.5. The van der Waals surface area contributed by atoms with E-state index in [-0.39, 0.29) is 0 Å². The van der Waals surface area contributed by atoms with Gasteiger partial charge in [-0.05, 0) is 14.0 Å². The highest BCUT2D eigenvalue weighted by atomic mass is 16.5. The summed E-state index contributed by atoms with van der Waals surface area (Å²) in [5.74, 6) is 0.957. The number of likely N-dealkylation sites (tertiary alicyclic amines) is 1. The average molecular weight is 250 g/mol. The van der Waals surface area contributed by atoms with Gasteiger partial charge in [-0.15, -0.1) is 0 Å². The van der Waals surface area contributed by atoms with Crippen molar-refractivity contribution >= 4 is 0 Å². The lowest BCUT2D eigenvalue weighted by molar-refractivity contribution is 0.00527. The second-order valence-electron chi connectivity index (χ2n) is 5.59. The number of rotatable bonds is 3. The van der Waals surface area contributed by atoms with Crippen LogP contribution in [0.4, 0.5) is 0 Å². The van der Waals surface area contributed by atoms with E-state index in [1.165, 1.54) is 44.8 Å². The van der Waals surface area contributed by atoms with Gasteiger partial charge in [0.1, 0.15) is 5.76 Å². The summed E-state index contributed by atoms with van der Waals surface area (Å²) < 4.78 is 5.10. The number of aromatic nitrogens is 1. The van der Waals surface area contributed by atoms with Crippen LogP contribution in [-0.2, 0) is 6.54 Å². The van der Waals surface area contributed by atoms with Gasteiger partial charge in [0.25, 0.3) is 0 Å². The molecular weight excluding hydrogens is 228 g/mol. The molecular formula is C13H22N4O. The number of aryl methyl sites for hydroxylation is 1. The van der Waals surface area contributed by atoms with Crippen molar-refractivity contribution in [1.82, 2.24) is 19.9 Å². The molecule has 0 unspecified atom stereocenters. The maximum atomic E-state index is 5.10. The predicted molar refractivity (Wildman–Crippen MR) is 69.4 cm³/mol. The Kier molecular flexibility index (Phi) is 3.37. The molecule has 0 atom stereocenters. The van der Waals surface area contributed by atoms with Gasteiger partial charge in [0, 0.05) is 57.4 Å². The fourth-order valence-electron chi connectivity index (χ4n) is 2.80. The normalized spacial score (nSPS) is 24.3. The van der Waals surface area contributed by atoms with Gasteiger partial charge in [-0.1, -0.05) is 5.16 Å².